The van der Waals surface area contributed by atoms with Gasteiger partial charge < -0.3 is 54.7 Å². The number of piperazine rings is 1. The van der Waals surface area contributed by atoms with Crippen molar-refractivity contribution < 1.29 is 69.8 Å². The first-order valence-corrected chi connectivity index (χ1v) is 18.9. The van der Waals surface area contributed by atoms with Crippen molar-refractivity contribution in [3.05, 3.63) is 52.8 Å². The van der Waals surface area contributed by atoms with Gasteiger partial charge in [-0.2, -0.15) is 5.10 Å². The zero-order valence-corrected chi connectivity index (χ0v) is 34.5. The number of ether oxygens (including phenoxy) is 4. The van der Waals surface area contributed by atoms with E-state index in [1.807, 2.05) is 0 Å². The molecule has 4 aliphatic rings. The molecule has 16 heteroatoms. The number of phenols is 3. The number of hydrazone groups is 1. The van der Waals surface area contributed by atoms with Gasteiger partial charge in [0.15, 0.2) is 5.75 Å². The summed E-state index contributed by atoms with van der Waals surface area (Å²) in [5, 5.41) is 63.7. The van der Waals surface area contributed by atoms with Gasteiger partial charge >= 0.3 is 11.8 Å². The number of methoxy groups -OCH3 is 1. The molecule has 1 fully saturated rings. The van der Waals surface area contributed by atoms with Crippen LogP contribution in [0.3, 0.4) is 0 Å². The summed E-state index contributed by atoms with van der Waals surface area (Å²) in [7, 11) is 2.20. The van der Waals surface area contributed by atoms with Crippen LogP contribution in [-0.2, 0) is 23.8 Å². The van der Waals surface area contributed by atoms with Crippen LogP contribution in [0.5, 0.6) is 23.0 Å². The number of phenolic OH excluding ortho intramolecular Hbond substituents is 3. The maximum atomic E-state index is 14.6. The van der Waals surface area contributed by atoms with Gasteiger partial charge in [-0.3, -0.25) is 19.4 Å². The lowest BCUT2D eigenvalue weighted by Crippen LogP contribution is -2.46. The molecule has 0 aliphatic carbocycles. The highest BCUT2D eigenvalue weighted by Gasteiger charge is 2.50. The standard InChI is InChI=1S/C43H58N4O12/c1-21-12-11-13-22(2)42(55)45-33-28(20-44-47-17-15-46(9)16-18-47)37(52)30-31(38(33)53)36(51)26(6)40-32(30)41(54)43(8,59-40)57-19-14-29(56-10)23(3)39(58-27(7)48)25(5)35(50)24(4)34(21)49/h11-14,19-21,23-25,29,34-35,39,49-53H,15-18H2,1-10H3,(H,45,55)/b12-11-,19-14?,22-13-,44-20+/t21-,23+,24+,25+,29-,34-,35+,39+,43-/m0/s1/i15D2,16D2,17D2,18D2. The molecule has 322 valence electrons. The average Bonchev–Trinajstić information content (AvgIpc) is 3.51. The molecule has 16 nitrogen and oxygen atoms in total. The van der Waals surface area contributed by atoms with Crippen LogP contribution in [0.15, 0.2) is 41.2 Å². The van der Waals surface area contributed by atoms with Crippen molar-refractivity contribution in [2.24, 2.45) is 28.8 Å². The van der Waals surface area contributed by atoms with E-state index in [-0.39, 0.29) is 26.8 Å². The molecule has 0 radical (unpaired) electrons. The van der Waals surface area contributed by atoms with Gasteiger partial charge in [0.2, 0.25) is 0 Å². The highest BCUT2D eigenvalue weighted by Crippen LogP contribution is 2.55. The fraction of sp³-hybridized carbons (Fsp3) is 0.535. The molecule has 4 heterocycles. The number of esters is 1. The molecule has 0 spiro atoms. The van der Waals surface area contributed by atoms with Gasteiger partial charge in [-0.15, -0.1) is 0 Å². The number of hydrogen-bond donors (Lipinski definition) is 6. The van der Waals surface area contributed by atoms with Gasteiger partial charge in [-0.25, -0.2) is 0 Å². The zero-order chi connectivity index (χ0) is 50.8. The summed E-state index contributed by atoms with van der Waals surface area (Å²) < 4.78 is 91.5. The number of ketones is 1. The predicted molar refractivity (Wildman–Crippen MR) is 220 cm³/mol. The third-order valence-corrected chi connectivity index (χ3v) is 11.0. The van der Waals surface area contributed by atoms with E-state index in [0.717, 1.165) is 13.3 Å². The summed E-state index contributed by atoms with van der Waals surface area (Å²) in [6.07, 6.45) is 3.00. The number of aliphatic hydroxyl groups excluding tert-OH is 2. The largest absolute Gasteiger partial charge is 0.507 e. The number of aromatic hydroxyl groups is 3. The van der Waals surface area contributed by atoms with E-state index < -0.39 is 142 Å². The molecule has 2 aromatic carbocycles. The van der Waals surface area contributed by atoms with Gasteiger partial charge in [0, 0.05) is 92.6 Å². The molecule has 0 saturated carbocycles. The van der Waals surface area contributed by atoms with Gasteiger partial charge in [0.1, 0.15) is 23.4 Å². The number of likely N-dealkylation sites (N-methyl/N-ethyl adjacent to an activating group) is 1. The summed E-state index contributed by atoms with van der Waals surface area (Å²) in [6, 6.07) is 0. The van der Waals surface area contributed by atoms with E-state index in [0.29, 0.717) is 6.21 Å². The first-order chi connectivity index (χ1) is 30.8. The summed E-state index contributed by atoms with van der Waals surface area (Å²) in [6.45, 7) is -1.69. The Labute approximate surface area is 355 Å². The normalized spacial score (nSPS) is 36.9. The SMILES string of the molecule is [2H]C1([2H])N(C)C([2H])([2H])C([2H])([2H])N(/N=C/c2c3c(O)c4c(O)c(C)c5c(c4c2O)C(=O)[C@@](C)(OC=C[C@H](OC)[C@@H](C)[C@@H](OC(C)=O)[C@H](C)[C@H](O)[C@H](C)[C@@H](O)[C@@H](C)/C=C\C=C(\C)C(=O)N3)O5)C1([2H])[2H]. The average molecular weight is 831 g/mol. The fourth-order valence-electron chi connectivity index (χ4n) is 7.35. The van der Waals surface area contributed by atoms with Crippen LogP contribution in [0.2, 0.25) is 0 Å². The van der Waals surface area contributed by atoms with E-state index in [1.54, 1.807) is 33.8 Å². The number of aliphatic hydroxyl groups is 2. The number of rotatable bonds is 4. The number of Topliss-reactive ketones (excluding diaryl/α,β-unsaturated/α-hetero) is 1. The van der Waals surface area contributed by atoms with Crippen molar-refractivity contribution in [3.63, 3.8) is 0 Å². The first kappa shape index (κ1) is 34.7. The van der Waals surface area contributed by atoms with Crippen molar-refractivity contribution in [1.29, 1.82) is 0 Å². The molecule has 9 atom stereocenters. The monoisotopic (exact) mass is 830 g/mol. The van der Waals surface area contributed by atoms with E-state index >= 15 is 0 Å². The third-order valence-electron chi connectivity index (χ3n) is 11.0. The van der Waals surface area contributed by atoms with Crippen LogP contribution in [0.1, 0.15) is 80.9 Å². The maximum absolute atomic E-state index is 14.6. The quantitative estimate of drug-likeness (QED) is 0.109. The van der Waals surface area contributed by atoms with Crippen molar-refractivity contribution in [3.8, 4) is 23.0 Å². The fourth-order valence-corrected chi connectivity index (χ4v) is 7.35. The minimum atomic E-state index is -3.44. The molecule has 6 N–H and O–H groups in total. The molecule has 0 unspecified atom stereocenters. The lowest BCUT2D eigenvalue weighted by atomic mass is 9.78. The molecule has 4 aliphatic heterocycles. The molecule has 2 aromatic rings. The topological polar surface area (TPSA) is 220 Å². The Hall–Kier alpha value is -5.16. The second-order valence-corrected chi connectivity index (χ2v) is 15.2. The van der Waals surface area contributed by atoms with Crippen LogP contribution in [-0.4, -0.2) is 130 Å². The number of hydrogen-bond acceptors (Lipinski definition) is 15. The lowest BCUT2D eigenvalue weighted by Gasteiger charge is -2.38. The van der Waals surface area contributed by atoms with E-state index in [4.69, 9.17) is 29.9 Å². The van der Waals surface area contributed by atoms with Crippen LogP contribution in [0.25, 0.3) is 10.8 Å². The summed E-state index contributed by atoms with van der Waals surface area (Å²) in [5.41, 5.74) is -2.12. The van der Waals surface area contributed by atoms with Crippen LogP contribution in [0.4, 0.5) is 5.69 Å². The number of anilines is 1. The van der Waals surface area contributed by atoms with Crippen molar-refractivity contribution in [2.75, 3.05) is 45.5 Å². The minimum absolute atomic E-state index is 0.0612. The summed E-state index contributed by atoms with van der Waals surface area (Å²) in [4.78, 5) is 41.1. The number of fused-ring (bicyclic) bond motifs is 14. The predicted octanol–water partition coefficient (Wildman–Crippen LogP) is 4.34. The van der Waals surface area contributed by atoms with E-state index in [9.17, 15) is 39.9 Å². The number of nitrogens with zero attached hydrogens (tertiary/aromatic N) is 3. The van der Waals surface area contributed by atoms with Gasteiger partial charge in [0.25, 0.3) is 11.7 Å². The Morgan fingerprint density at radius 2 is 1.64 bits per heavy atom. The minimum Gasteiger partial charge on any atom is -0.507 e. The lowest BCUT2D eigenvalue weighted by molar-refractivity contribution is -0.160. The van der Waals surface area contributed by atoms with Crippen molar-refractivity contribution in [2.45, 2.75) is 85.6 Å². The highest BCUT2D eigenvalue weighted by molar-refractivity contribution is 6.23. The van der Waals surface area contributed by atoms with Crippen LogP contribution < -0.4 is 10.1 Å². The van der Waals surface area contributed by atoms with Crippen LogP contribution in [0, 0.1) is 30.6 Å². The molecule has 59 heavy (non-hydrogen) atoms. The van der Waals surface area contributed by atoms with Crippen molar-refractivity contribution in [1.82, 2.24) is 9.91 Å². The second kappa shape index (κ2) is 18.0. The molecule has 5 bridgehead atoms. The maximum Gasteiger partial charge on any atom is 0.312 e. The number of amides is 1. The van der Waals surface area contributed by atoms with Crippen molar-refractivity contribution >= 4 is 40.3 Å². The Kier molecular flexibility index (Phi) is 10.6. The zero-order valence-electron chi connectivity index (χ0n) is 42.5. The van der Waals surface area contributed by atoms with Gasteiger partial charge in [-0.1, -0.05) is 45.9 Å². The number of carbonyl (C=O) groups is 3. The third kappa shape index (κ3) is 8.91. The summed E-state index contributed by atoms with van der Waals surface area (Å²) >= 11 is 0. The molecular weight excluding hydrogens is 764 g/mol. The number of nitrogens with one attached hydrogen (secondary N) is 1. The van der Waals surface area contributed by atoms with E-state index in [2.05, 4.69) is 10.4 Å². The van der Waals surface area contributed by atoms with E-state index in [1.165, 1.54) is 53.0 Å². The molecule has 0 aromatic heterocycles. The number of benzene rings is 2. The Bertz CT molecular complexity index is 2420. The molecule has 1 amide bonds. The molecule has 1 saturated heterocycles. The highest BCUT2D eigenvalue weighted by atomic mass is 16.7. The molecule has 6 rings (SSSR count). The number of allylic oxidation sites excluding steroid dienone is 2. The Morgan fingerprint density at radius 3 is 2.27 bits per heavy atom. The van der Waals surface area contributed by atoms with Gasteiger partial charge in [0.05, 0.1) is 58.5 Å². The Morgan fingerprint density at radius 1 is 0.983 bits per heavy atom. The second-order valence-electron chi connectivity index (χ2n) is 15.2. The Balaban J connectivity index is 1.79. The summed E-state index contributed by atoms with van der Waals surface area (Å²) in [5.74, 6) is -10.8. The number of carbonyl (C=O) groups excluding carboxylic acids is 3. The van der Waals surface area contributed by atoms with Gasteiger partial charge in [-0.05, 0) is 27.0 Å². The van der Waals surface area contributed by atoms with Crippen LogP contribution >= 0.6 is 0 Å². The first-order valence-electron chi connectivity index (χ1n) is 22.9. The molecular formula is C43H58N4O12. The smallest absolute Gasteiger partial charge is 0.312 e.